The molecule has 0 radical (unpaired) electrons. The number of benzene rings is 3. The van der Waals surface area contributed by atoms with Crippen LogP contribution in [0.25, 0.3) is 11.0 Å². The van der Waals surface area contributed by atoms with Gasteiger partial charge < -0.3 is 9.15 Å². The van der Waals surface area contributed by atoms with E-state index < -0.39 is 27.7 Å². The molecule has 0 unspecified atom stereocenters. The molecule has 0 saturated carbocycles. The average Bonchev–Trinajstić information content (AvgIpc) is 2.86. The molecule has 3 aromatic carbocycles. The number of carbonyl (C=O) groups excluding carboxylic acids is 1. The first-order valence-electron chi connectivity index (χ1n) is 12.1. The number of nitrogens with one attached hydrogen (secondary N) is 1. The van der Waals surface area contributed by atoms with Gasteiger partial charge in [0.1, 0.15) is 17.4 Å². The Labute approximate surface area is 216 Å². The van der Waals surface area contributed by atoms with Crippen LogP contribution in [-0.4, -0.2) is 14.4 Å². The quantitative estimate of drug-likeness (QED) is 0.181. The van der Waals surface area contributed by atoms with E-state index in [1.165, 1.54) is 18.2 Å². The molecule has 4 rings (SSSR count). The Bertz CT molecular complexity index is 1580. The van der Waals surface area contributed by atoms with E-state index in [1.807, 2.05) is 13.8 Å². The maximum Gasteiger partial charge on any atom is 0.336 e. The molecule has 4 aromatic rings. The van der Waals surface area contributed by atoms with Gasteiger partial charge in [0, 0.05) is 6.07 Å². The van der Waals surface area contributed by atoms with Gasteiger partial charge in [-0.15, -0.1) is 0 Å². The van der Waals surface area contributed by atoms with Gasteiger partial charge in [0.15, 0.2) is 0 Å². The molecule has 0 saturated heterocycles. The molecule has 0 aliphatic carbocycles. The fourth-order valence-electron chi connectivity index (χ4n) is 4.12. The molecule has 8 heteroatoms. The molecule has 1 atom stereocenters. The SMILES string of the molecule is CCCCc1cc(=O)oc2cc(C)cc(OC(=O)[C@H](NS(=O)(=O)c3ccc(C)cc3)c3ccccc3)c12. The zero-order chi connectivity index (χ0) is 26.6. The number of ether oxygens (including phenoxy) is 1. The van der Waals surface area contributed by atoms with Crippen LogP contribution < -0.4 is 15.1 Å². The molecule has 0 bridgehead atoms. The van der Waals surface area contributed by atoms with Crippen molar-refractivity contribution in [3.05, 3.63) is 105 Å². The Kier molecular flexibility index (Phi) is 7.90. The highest BCUT2D eigenvalue weighted by Gasteiger charge is 2.30. The van der Waals surface area contributed by atoms with Crippen LogP contribution >= 0.6 is 0 Å². The van der Waals surface area contributed by atoms with E-state index in [-0.39, 0.29) is 10.6 Å². The van der Waals surface area contributed by atoms with Gasteiger partial charge in [0.2, 0.25) is 10.0 Å². The second-order valence-electron chi connectivity index (χ2n) is 9.03. The monoisotopic (exact) mass is 519 g/mol. The van der Waals surface area contributed by atoms with Gasteiger partial charge in [-0.1, -0.05) is 61.4 Å². The van der Waals surface area contributed by atoms with Crippen molar-refractivity contribution >= 4 is 27.0 Å². The third-order valence-electron chi connectivity index (χ3n) is 6.02. The van der Waals surface area contributed by atoms with Crippen LogP contribution in [0.4, 0.5) is 0 Å². The number of esters is 1. The van der Waals surface area contributed by atoms with Crippen LogP contribution in [0.2, 0.25) is 0 Å². The Morgan fingerprint density at radius 1 is 0.973 bits per heavy atom. The van der Waals surface area contributed by atoms with Crippen LogP contribution in [0.3, 0.4) is 0 Å². The summed E-state index contributed by atoms with van der Waals surface area (Å²) in [6.07, 6.45) is 2.36. The Balaban J connectivity index is 1.76. The summed E-state index contributed by atoms with van der Waals surface area (Å²) in [6.45, 7) is 5.70. The zero-order valence-electron chi connectivity index (χ0n) is 21.0. The number of hydrogen-bond donors (Lipinski definition) is 1. The number of rotatable bonds is 9. The number of sulfonamides is 1. The summed E-state index contributed by atoms with van der Waals surface area (Å²) in [7, 11) is -4.05. The Morgan fingerprint density at radius 3 is 2.35 bits per heavy atom. The third kappa shape index (κ3) is 6.15. The third-order valence-corrected chi connectivity index (χ3v) is 7.46. The Hall–Kier alpha value is -3.75. The average molecular weight is 520 g/mol. The summed E-state index contributed by atoms with van der Waals surface area (Å²) in [4.78, 5) is 25.8. The Morgan fingerprint density at radius 2 is 1.68 bits per heavy atom. The van der Waals surface area contributed by atoms with Crippen LogP contribution in [0.5, 0.6) is 5.75 Å². The molecule has 1 heterocycles. The predicted molar refractivity (Wildman–Crippen MR) is 142 cm³/mol. The highest BCUT2D eigenvalue weighted by Crippen LogP contribution is 2.32. The summed E-state index contributed by atoms with van der Waals surface area (Å²) in [5.41, 5.74) is 2.62. The smallest absolute Gasteiger partial charge is 0.336 e. The minimum absolute atomic E-state index is 0.0384. The number of unbranched alkanes of at least 4 members (excludes halogenated alkanes) is 1. The van der Waals surface area contributed by atoms with Gasteiger partial charge in [0.25, 0.3) is 0 Å². The van der Waals surface area contributed by atoms with Gasteiger partial charge in [0.05, 0.1) is 10.3 Å². The first kappa shape index (κ1) is 26.3. The van der Waals surface area contributed by atoms with Gasteiger partial charge in [-0.05, 0) is 67.6 Å². The van der Waals surface area contributed by atoms with Gasteiger partial charge in [-0.2, -0.15) is 4.72 Å². The topological polar surface area (TPSA) is 103 Å². The summed E-state index contributed by atoms with van der Waals surface area (Å²) in [5, 5.41) is 0.528. The molecular formula is C29H29NO6S. The van der Waals surface area contributed by atoms with Crippen LogP contribution in [0.1, 0.15) is 48.1 Å². The van der Waals surface area contributed by atoms with E-state index >= 15 is 0 Å². The van der Waals surface area contributed by atoms with Gasteiger partial charge in [-0.25, -0.2) is 18.0 Å². The fraction of sp³-hybridized carbons (Fsp3) is 0.241. The van der Waals surface area contributed by atoms with E-state index in [9.17, 15) is 18.0 Å². The largest absolute Gasteiger partial charge is 0.424 e. The minimum Gasteiger partial charge on any atom is -0.424 e. The lowest BCUT2D eigenvalue weighted by molar-refractivity contribution is -0.136. The van der Waals surface area contributed by atoms with Crippen LogP contribution in [-0.2, 0) is 21.2 Å². The van der Waals surface area contributed by atoms with Crippen LogP contribution in [0, 0.1) is 13.8 Å². The number of aryl methyl sites for hydroxylation is 3. The lowest BCUT2D eigenvalue weighted by Gasteiger charge is -2.19. The lowest BCUT2D eigenvalue weighted by Crippen LogP contribution is -2.36. The maximum absolute atomic E-state index is 13.6. The molecule has 192 valence electrons. The van der Waals surface area contributed by atoms with E-state index in [0.717, 1.165) is 24.0 Å². The second kappa shape index (κ2) is 11.1. The zero-order valence-corrected chi connectivity index (χ0v) is 21.8. The maximum atomic E-state index is 13.6. The van der Waals surface area contributed by atoms with E-state index in [4.69, 9.17) is 9.15 Å². The highest BCUT2D eigenvalue weighted by molar-refractivity contribution is 7.89. The van der Waals surface area contributed by atoms with Crippen molar-refractivity contribution < 1.29 is 22.4 Å². The molecular weight excluding hydrogens is 490 g/mol. The van der Waals surface area contributed by atoms with Crippen molar-refractivity contribution in [2.75, 3.05) is 0 Å². The number of hydrogen-bond acceptors (Lipinski definition) is 6. The van der Waals surface area contributed by atoms with Crippen molar-refractivity contribution in [1.82, 2.24) is 4.72 Å². The second-order valence-corrected chi connectivity index (χ2v) is 10.7. The van der Waals surface area contributed by atoms with Crippen molar-refractivity contribution in [2.45, 2.75) is 51.0 Å². The number of carbonyl (C=O) groups is 1. The van der Waals surface area contributed by atoms with E-state index in [0.29, 0.717) is 28.5 Å². The van der Waals surface area contributed by atoms with Crippen molar-refractivity contribution in [1.29, 1.82) is 0 Å². The molecule has 0 amide bonds. The van der Waals surface area contributed by atoms with Gasteiger partial charge in [-0.3, -0.25) is 0 Å². The molecule has 37 heavy (non-hydrogen) atoms. The molecule has 1 N–H and O–H groups in total. The highest BCUT2D eigenvalue weighted by atomic mass is 32.2. The summed E-state index contributed by atoms with van der Waals surface area (Å²) < 4.78 is 40.2. The first-order chi connectivity index (χ1) is 17.7. The van der Waals surface area contributed by atoms with Crippen molar-refractivity contribution in [3.63, 3.8) is 0 Å². The molecule has 7 nitrogen and oxygen atoms in total. The molecule has 0 spiro atoms. The van der Waals surface area contributed by atoms with Gasteiger partial charge >= 0.3 is 11.6 Å². The summed E-state index contributed by atoms with van der Waals surface area (Å²) in [5.74, 6) is -0.591. The lowest BCUT2D eigenvalue weighted by atomic mass is 10.0. The first-order valence-corrected chi connectivity index (χ1v) is 13.6. The molecule has 0 aliphatic rings. The van der Waals surface area contributed by atoms with E-state index in [1.54, 1.807) is 61.5 Å². The number of fused-ring (bicyclic) bond motifs is 1. The van der Waals surface area contributed by atoms with Crippen molar-refractivity contribution in [3.8, 4) is 5.75 Å². The standard InChI is InChI=1S/C29H29NO6S/c1-4-5-9-22-18-26(31)35-24-16-20(3)17-25(27(22)24)36-29(32)28(21-10-7-6-8-11-21)30-37(33,34)23-14-12-19(2)13-15-23/h6-8,10-18,28,30H,4-5,9H2,1-3H3/t28-/m1/s1. The van der Waals surface area contributed by atoms with Crippen molar-refractivity contribution in [2.24, 2.45) is 0 Å². The van der Waals surface area contributed by atoms with Crippen LogP contribution in [0.15, 0.2) is 86.9 Å². The fourth-order valence-corrected chi connectivity index (χ4v) is 5.29. The minimum atomic E-state index is -4.05. The van der Waals surface area contributed by atoms with E-state index in [2.05, 4.69) is 4.72 Å². The molecule has 0 aliphatic heterocycles. The predicted octanol–water partition coefficient (Wildman–Crippen LogP) is 5.38. The molecule has 0 fully saturated rings. The molecule has 1 aromatic heterocycles. The summed E-state index contributed by atoms with van der Waals surface area (Å²) in [6, 6.07) is 18.4. The summed E-state index contributed by atoms with van der Waals surface area (Å²) >= 11 is 0. The normalized spacial score (nSPS) is 12.4.